The molecule has 0 spiro atoms. The minimum absolute atomic E-state index is 0.00231. The Morgan fingerprint density at radius 3 is 2.55 bits per heavy atom. The fourth-order valence-electron chi connectivity index (χ4n) is 2.21. The van der Waals surface area contributed by atoms with Crippen molar-refractivity contribution in [2.45, 2.75) is 17.7 Å². The lowest BCUT2D eigenvalue weighted by atomic mass is 10.0. The summed E-state index contributed by atoms with van der Waals surface area (Å²) in [5.41, 5.74) is 0.381. The van der Waals surface area contributed by atoms with Crippen molar-refractivity contribution in [3.63, 3.8) is 0 Å². The number of sulfonamides is 1. The zero-order valence-electron chi connectivity index (χ0n) is 10.7. The molecule has 2 rings (SSSR count). The van der Waals surface area contributed by atoms with Gasteiger partial charge in [0, 0.05) is 13.1 Å². The lowest BCUT2D eigenvalue weighted by molar-refractivity contribution is -0.142. The molecule has 0 radical (unpaired) electrons. The Kier molecular flexibility index (Phi) is 4.06. The van der Waals surface area contributed by atoms with Crippen molar-refractivity contribution in [3.05, 3.63) is 29.8 Å². The Morgan fingerprint density at radius 1 is 1.35 bits per heavy atom. The summed E-state index contributed by atoms with van der Waals surface area (Å²) >= 11 is 0. The Labute approximate surface area is 117 Å². The second-order valence-electron chi connectivity index (χ2n) is 4.68. The number of benzene rings is 1. The van der Waals surface area contributed by atoms with Crippen LogP contribution in [0, 0.1) is 17.2 Å². The largest absolute Gasteiger partial charge is 0.481 e. The van der Waals surface area contributed by atoms with Crippen molar-refractivity contribution in [3.8, 4) is 6.07 Å². The lowest BCUT2D eigenvalue weighted by Crippen LogP contribution is -2.42. The normalized spacial score (nSPS) is 20.2. The topological polar surface area (TPSA) is 98.5 Å². The molecule has 0 unspecified atom stereocenters. The predicted molar refractivity (Wildman–Crippen MR) is 70.3 cm³/mol. The van der Waals surface area contributed by atoms with E-state index in [0.717, 1.165) is 0 Å². The number of carboxylic acids is 1. The van der Waals surface area contributed by atoms with Crippen LogP contribution in [-0.2, 0) is 14.8 Å². The minimum atomic E-state index is -3.69. The average Bonchev–Trinajstić information content (AvgIpc) is 2.47. The first kappa shape index (κ1) is 14.5. The number of nitriles is 1. The number of carbonyl (C=O) groups is 1. The summed E-state index contributed by atoms with van der Waals surface area (Å²) in [7, 11) is -3.69. The lowest BCUT2D eigenvalue weighted by Gasteiger charge is -2.29. The van der Waals surface area contributed by atoms with E-state index in [9.17, 15) is 13.2 Å². The standard InChI is InChI=1S/C13H14N2O4S/c14-8-10-3-5-12(6-4-10)20(18,19)15-7-1-2-11(9-15)13(16)17/h3-6,11H,1-2,7,9H2,(H,16,17)/t11-/m1/s1. The van der Waals surface area contributed by atoms with Crippen LogP contribution in [0.1, 0.15) is 18.4 Å². The second kappa shape index (κ2) is 5.61. The van der Waals surface area contributed by atoms with Gasteiger partial charge in [-0.05, 0) is 37.1 Å². The molecule has 7 heteroatoms. The molecule has 0 aromatic heterocycles. The van der Waals surface area contributed by atoms with E-state index in [-0.39, 0.29) is 11.4 Å². The Morgan fingerprint density at radius 2 is 2.00 bits per heavy atom. The molecule has 1 fully saturated rings. The number of hydrogen-bond acceptors (Lipinski definition) is 4. The van der Waals surface area contributed by atoms with Crippen molar-refractivity contribution in [1.82, 2.24) is 4.31 Å². The predicted octanol–water partition coefficient (Wildman–Crippen LogP) is 1.04. The van der Waals surface area contributed by atoms with Gasteiger partial charge < -0.3 is 5.11 Å². The molecule has 0 amide bonds. The fraction of sp³-hybridized carbons (Fsp3) is 0.385. The van der Waals surface area contributed by atoms with E-state index >= 15 is 0 Å². The monoisotopic (exact) mass is 294 g/mol. The van der Waals surface area contributed by atoms with Gasteiger partial charge >= 0.3 is 5.97 Å². The van der Waals surface area contributed by atoms with Crippen LogP contribution < -0.4 is 0 Å². The van der Waals surface area contributed by atoms with Gasteiger partial charge in [-0.15, -0.1) is 0 Å². The molecule has 1 heterocycles. The molecule has 1 atom stereocenters. The van der Waals surface area contributed by atoms with E-state index in [4.69, 9.17) is 10.4 Å². The highest BCUT2D eigenvalue weighted by Crippen LogP contribution is 2.24. The third kappa shape index (κ3) is 2.81. The molecule has 1 aromatic carbocycles. The summed E-state index contributed by atoms with van der Waals surface area (Å²) < 4.78 is 26.0. The van der Waals surface area contributed by atoms with Crippen LogP contribution in [0.2, 0.25) is 0 Å². The zero-order chi connectivity index (χ0) is 14.8. The van der Waals surface area contributed by atoms with Gasteiger partial charge in [-0.2, -0.15) is 9.57 Å². The van der Waals surface area contributed by atoms with Crippen LogP contribution in [0.15, 0.2) is 29.2 Å². The summed E-state index contributed by atoms with van der Waals surface area (Å²) in [5.74, 6) is -1.62. The Bertz CT molecular complexity index is 646. The highest BCUT2D eigenvalue weighted by molar-refractivity contribution is 7.89. The van der Waals surface area contributed by atoms with Crippen LogP contribution in [0.3, 0.4) is 0 Å². The van der Waals surface area contributed by atoms with Crippen molar-refractivity contribution in [2.75, 3.05) is 13.1 Å². The Hall–Kier alpha value is -1.91. The quantitative estimate of drug-likeness (QED) is 0.898. The maximum atomic E-state index is 12.4. The van der Waals surface area contributed by atoms with E-state index < -0.39 is 21.9 Å². The van der Waals surface area contributed by atoms with E-state index in [2.05, 4.69) is 0 Å². The number of rotatable bonds is 3. The number of hydrogen-bond donors (Lipinski definition) is 1. The van der Waals surface area contributed by atoms with Gasteiger partial charge in [0.25, 0.3) is 0 Å². The third-order valence-corrected chi connectivity index (χ3v) is 5.23. The molecule has 6 nitrogen and oxygen atoms in total. The molecule has 1 aliphatic rings. The molecular weight excluding hydrogens is 280 g/mol. The molecule has 106 valence electrons. The number of aliphatic carboxylic acids is 1. The highest BCUT2D eigenvalue weighted by Gasteiger charge is 2.33. The molecule has 1 aromatic rings. The van der Waals surface area contributed by atoms with Gasteiger partial charge in [-0.25, -0.2) is 8.42 Å². The summed E-state index contributed by atoms with van der Waals surface area (Å²) in [4.78, 5) is 11.1. The molecule has 0 aliphatic carbocycles. The second-order valence-corrected chi connectivity index (χ2v) is 6.61. The van der Waals surface area contributed by atoms with E-state index in [1.165, 1.54) is 28.6 Å². The van der Waals surface area contributed by atoms with Crippen LogP contribution in [0.4, 0.5) is 0 Å². The maximum absolute atomic E-state index is 12.4. The third-order valence-electron chi connectivity index (χ3n) is 3.35. The summed E-state index contributed by atoms with van der Waals surface area (Å²) in [6, 6.07) is 7.54. The van der Waals surface area contributed by atoms with Crippen LogP contribution in [0.5, 0.6) is 0 Å². The average molecular weight is 294 g/mol. The fourth-order valence-corrected chi connectivity index (χ4v) is 3.74. The molecule has 1 aliphatic heterocycles. The molecule has 0 bridgehead atoms. The molecule has 20 heavy (non-hydrogen) atoms. The van der Waals surface area contributed by atoms with E-state index in [0.29, 0.717) is 24.9 Å². The van der Waals surface area contributed by atoms with E-state index in [1.807, 2.05) is 6.07 Å². The molecule has 1 saturated heterocycles. The smallest absolute Gasteiger partial charge is 0.307 e. The summed E-state index contributed by atoms with van der Waals surface area (Å²) in [6.45, 7) is 0.323. The van der Waals surface area contributed by atoms with Crippen LogP contribution >= 0.6 is 0 Å². The van der Waals surface area contributed by atoms with Gasteiger partial charge in [0.15, 0.2) is 0 Å². The van der Waals surface area contributed by atoms with Crippen molar-refractivity contribution < 1.29 is 18.3 Å². The van der Waals surface area contributed by atoms with Gasteiger partial charge in [0.2, 0.25) is 10.0 Å². The number of carboxylic acid groups (broad SMARTS) is 1. The molecule has 1 N–H and O–H groups in total. The molecular formula is C13H14N2O4S. The minimum Gasteiger partial charge on any atom is -0.481 e. The highest BCUT2D eigenvalue weighted by atomic mass is 32.2. The van der Waals surface area contributed by atoms with Gasteiger partial charge in [-0.1, -0.05) is 0 Å². The van der Waals surface area contributed by atoms with Gasteiger partial charge in [0.05, 0.1) is 22.4 Å². The first-order valence-corrected chi connectivity index (χ1v) is 7.62. The van der Waals surface area contributed by atoms with Gasteiger partial charge in [-0.3, -0.25) is 4.79 Å². The maximum Gasteiger partial charge on any atom is 0.307 e. The van der Waals surface area contributed by atoms with Crippen molar-refractivity contribution >= 4 is 16.0 Å². The number of nitrogens with zero attached hydrogens (tertiary/aromatic N) is 2. The first-order chi connectivity index (χ1) is 9.45. The zero-order valence-corrected chi connectivity index (χ0v) is 11.5. The molecule has 0 saturated carbocycles. The van der Waals surface area contributed by atoms with Crippen molar-refractivity contribution in [1.29, 1.82) is 5.26 Å². The van der Waals surface area contributed by atoms with Crippen molar-refractivity contribution in [2.24, 2.45) is 5.92 Å². The van der Waals surface area contributed by atoms with Gasteiger partial charge in [0.1, 0.15) is 0 Å². The summed E-state index contributed by atoms with van der Waals surface area (Å²) in [5, 5.41) is 17.7. The SMILES string of the molecule is N#Cc1ccc(S(=O)(=O)N2CCC[C@@H](C(=O)O)C2)cc1. The summed E-state index contributed by atoms with van der Waals surface area (Å²) in [6.07, 6.45) is 1.03. The van der Waals surface area contributed by atoms with Crippen LogP contribution in [0.25, 0.3) is 0 Å². The Balaban J connectivity index is 2.25. The van der Waals surface area contributed by atoms with E-state index in [1.54, 1.807) is 0 Å². The first-order valence-electron chi connectivity index (χ1n) is 6.18. The number of piperidine rings is 1. The van der Waals surface area contributed by atoms with Crippen LogP contribution in [-0.4, -0.2) is 36.9 Å².